The number of thiocarbonyl (C=S) groups is 1. The molecule has 0 heterocycles. The second kappa shape index (κ2) is 6.76. The van der Waals surface area contributed by atoms with E-state index in [4.69, 9.17) is 15.2 Å². The molecule has 86 valence electrons. The van der Waals surface area contributed by atoms with Crippen molar-refractivity contribution in [3.8, 4) is 5.75 Å². The smallest absolute Gasteiger partial charge is 0.188 e. The first-order chi connectivity index (χ1) is 7.72. The van der Waals surface area contributed by atoms with Crippen molar-refractivity contribution >= 4 is 23.5 Å². The molecule has 5 nitrogen and oxygen atoms in total. The molecular weight excluding hydrogens is 226 g/mol. The summed E-state index contributed by atoms with van der Waals surface area (Å²) in [5.41, 5.74) is 8.56. The maximum absolute atomic E-state index is 5.27. The number of hydrazone groups is 1. The van der Waals surface area contributed by atoms with Crippen molar-refractivity contribution in [1.29, 1.82) is 0 Å². The number of nitrogens with one attached hydrogen (secondary N) is 1. The van der Waals surface area contributed by atoms with Gasteiger partial charge in [-0.15, -0.1) is 0 Å². The maximum atomic E-state index is 5.27. The molecule has 0 spiro atoms. The predicted octanol–water partition coefficient (Wildman–Crippen LogP) is 0.836. The first kappa shape index (κ1) is 12.4. The van der Waals surface area contributed by atoms with Gasteiger partial charge in [0.15, 0.2) is 11.9 Å². The molecule has 0 saturated heterocycles. The van der Waals surface area contributed by atoms with E-state index in [1.807, 2.05) is 24.3 Å². The molecule has 16 heavy (non-hydrogen) atoms. The van der Waals surface area contributed by atoms with Crippen LogP contribution in [0.2, 0.25) is 0 Å². The van der Waals surface area contributed by atoms with Crippen LogP contribution in [0.15, 0.2) is 29.4 Å². The molecule has 0 radical (unpaired) electrons. The molecule has 0 bridgehead atoms. The summed E-state index contributed by atoms with van der Waals surface area (Å²) >= 11 is 4.61. The van der Waals surface area contributed by atoms with E-state index in [-0.39, 0.29) is 11.9 Å². The van der Waals surface area contributed by atoms with E-state index in [0.717, 1.165) is 5.56 Å². The maximum Gasteiger partial charge on any atom is 0.188 e. The van der Waals surface area contributed by atoms with Crippen LogP contribution in [-0.2, 0) is 4.74 Å². The first-order valence-corrected chi connectivity index (χ1v) is 4.93. The zero-order valence-electron chi connectivity index (χ0n) is 8.84. The quantitative estimate of drug-likeness (QED) is 0.345. The lowest BCUT2D eigenvalue weighted by molar-refractivity contribution is 0.0511. The highest BCUT2D eigenvalue weighted by molar-refractivity contribution is 7.80. The zero-order valence-corrected chi connectivity index (χ0v) is 9.66. The molecule has 0 aromatic heterocycles. The molecule has 0 aliphatic heterocycles. The zero-order chi connectivity index (χ0) is 11.8. The molecule has 1 rings (SSSR count). The summed E-state index contributed by atoms with van der Waals surface area (Å²) in [6.07, 6.45) is 1.60. The Labute approximate surface area is 99.2 Å². The highest BCUT2D eigenvalue weighted by atomic mass is 32.1. The van der Waals surface area contributed by atoms with Gasteiger partial charge in [0.1, 0.15) is 5.75 Å². The summed E-state index contributed by atoms with van der Waals surface area (Å²) in [4.78, 5) is 0. The Morgan fingerprint density at radius 2 is 2.44 bits per heavy atom. The monoisotopic (exact) mass is 239 g/mol. The fraction of sp³-hybridized carbons (Fsp3) is 0.200. The van der Waals surface area contributed by atoms with E-state index >= 15 is 0 Å². The number of nitrogens with zero attached hydrogens (tertiary/aromatic N) is 1. The Balaban J connectivity index is 2.59. The fourth-order valence-corrected chi connectivity index (χ4v) is 1.03. The molecule has 6 heteroatoms. The van der Waals surface area contributed by atoms with Crippen molar-refractivity contribution in [2.75, 3.05) is 13.9 Å². The van der Waals surface area contributed by atoms with Gasteiger partial charge in [-0.25, -0.2) is 0 Å². The van der Waals surface area contributed by atoms with Gasteiger partial charge in [0.25, 0.3) is 0 Å². The van der Waals surface area contributed by atoms with Crippen LogP contribution in [0.25, 0.3) is 0 Å². The minimum Gasteiger partial charge on any atom is -0.468 e. The van der Waals surface area contributed by atoms with Crippen molar-refractivity contribution < 1.29 is 9.47 Å². The molecule has 3 N–H and O–H groups in total. The normalized spacial score (nSPS) is 10.3. The van der Waals surface area contributed by atoms with Crippen molar-refractivity contribution in [3.63, 3.8) is 0 Å². The topological polar surface area (TPSA) is 68.9 Å². The third-order valence-electron chi connectivity index (χ3n) is 1.59. The molecule has 0 atom stereocenters. The average molecular weight is 239 g/mol. The second-order valence-electron chi connectivity index (χ2n) is 2.86. The summed E-state index contributed by atoms with van der Waals surface area (Å²) in [6, 6.07) is 7.39. The van der Waals surface area contributed by atoms with Crippen molar-refractivity contribution in [2.45, 2.75) is 0 Å². The molecule has 0 saturated carbocycles. The van der Waals surface area contributed by atoms with E-state index in [1.54, 1.807) is 13.3 Å². The van der Waals surface area contributed by atoms with Gasteiger partial charge in [-0.05, 0) is 29.9 Å². The second-order valence-corrected chi connectivity index (χ2v) is 3.30. The Hall–Kier alpha value is -1.66. The number of rotatable bonds is 5. The van der Waals surface area contributed by atoms with E-state index in [2.05, 4.69) is 22.7 Å². The Bertz CT molecular complexity index is 382. The minimum atomic E-state index is 0.128. The van der Waals surface area contributed by atoms with Gasteiger partial charge in [-0.3, -0.25) is 5.43 Å². The van der Waals surface area contributed by atoms with Gasteiger partial charge in [0.05, 0.1) is 6.21 Å². The lowest BCUT2D eigenvalue weighted by Crippen LogP contribution is -2.23. The van der Waals surface area contributed by atoms with E-state index in [1.165, 1.54) is 0 Å². The van der Waals surface area contributed by atoms with Crippen LogP contribution < -0.4 is 15.9 Å². The van der Waals surface area contributed by atoms with Crippen LogP contribution in [0.1, 0.15) is 5.56 Å². The predicted molar refractivity (Wildman–Crippen MR) is 66.5 cm³/mol. The van der Waals surface area contributed by atoms with Gasteiger partial charge in [0, 0.05) is 7.11 Å². The van der Waals surface area contributed by atoms with E-state index in [9.17, 15) is 0 Å². The van der Waals surface area contributed by atoms with Crippen LogP contribution in [0, 0.1) is 0 Å². The molecule has 0 unspecified atom stereocenters. The third kappa shape index (κ3) is 4.72. The number of nitrogens with two attached hydrogens (primary N) is 1. The summed E-state index contributed by atoms with van der Waals surface area (Å²) in [6.45, 7) is 0.214. The molecule has 0 amide bonds. The van der Waals surface area contributed by atoms with Crippen molar-refractivity contribution in [1.82, 2.24) is 5.43 Å². The van der Waals surface area contributed by atoms with Crippen molar-refractivity contribution in [2.24, 2.45) is 10.8 Å². The number of hydrogen-bond donors (Lipinski definition) is 2. The van der Waals surface area contributed by atoms with Crippen LogP contribution >= 0.6 is 12.2 Å². The molecule has 0 aliphatic rings. The van der Waals surface area contributed by atoms with Gasteiger partial charge >= 0.3 is 0 Å². The van der Waals surface area contributed by atoms with Crippen molar-refractivity contribution in [3.05, 3.63) is 29.8 Å². The third-order valence-corrected chi connectivity index (χ3v) is 1.68. The van der Waals surface area contributed by atoms with Gasteiger partial charge in [-0.1, -0.05) is 12.1 Å². The largest absolute Gasteiger partial charge is 0.468 e. The number of methoxy groups -OCH3 is 1. The number of benzene rings is 1. The van der Waals surface area contributed by atoms with E-state index < -0.39 is 0 Å². The van der Waals surface area contributed by atoms with Crippen LogP contribution in [0.4, 0.5) is 0 Å². The lowest BCUT2D eigenvalue weighted by atomic mass is 10.2. The number of hydrogen-bond acceptors (Lipinski definition) is 4. The molecule has 1 aromatic carbocycles. The standard InChI is InChI=1S/C10H13N3O2S/c1-14-7-15-9-4-2-3-8(5-9)6-12-13-10(11)16/h2-6H,7H2,1H3,(H3,11,13,16). The highest BCUT2D eigenvalue weighted by Crippen LogP contribution is 2.11. The highest BCUT2D eigenvalue weighted by Gasteiger charge is 1.94. The Kier molecular flexibility index (Phi) is 5.24. The Morgan fingerprint density at radius 3 is 3.12 bits per heavy atom. The molecule has 0 fully saturated rings. The molecular formula is C10H13N3O2S. The summed E-state index contributed by atoms with van der Waals surface area (Å²) in [5, 5.41) is 3.96. The minimum absolute atomic E-state index is 0.128. The summed E-state index contributed by atoms with van der Waals surface area (Å²) < 4.78 is 10.1. The molecule has 1 aromatic rings. The first-order valence-electron chi connectivity index (χ1n) is 4.52. The summed E-state index contributed by atoms with van der Waals surface area (Å²) in [5.74, 6) is 0.709. The van der Waals surface area contributed by atoms with Gasteiger partial charge in [0.2, 0.25) is 0 Å². The summed E-state index contributed by atoms with van der Waals surface area (Å²) in [7, 11) is 1.57. The average Bonchev–Trinajstić information content (AvgIpc) is 2.26. The van der Waals surface area contributed by atoms with E-state index in [0.29, 0.717) is 5.75 Å². The number of ether oxygens (including phenoxy) is 2. The lowest BCUT2D eigenvalue weighted by Gasteiger charge is -2.04. The van der Waals surface area contributed by atoms with Crippen LogP contribution in [-0.4, -0.2) is 25.2 Å². The van der Waals surface area contributed by atoms with Crippen LogP contribution in [0.3, 0.4) is 0 Å². The fourth-order valence-electron chi connectivity index (χ4n) is 0.982. The Morgan fingerprint density at radius 1 is 1.62 bits per heavy atom. The molecule has 0 aliphatic carbocycles. The van der Waals surface area contributed by atoms with Crippen LogP contribution in [0.5, 0.6) is 5.75 Å². The van der Waals surface area contributed by atoms with Gasteiger partial charge in [-0.2, -0.15) is 5.10 Å². The van der Waals surface area contributed by atoms with Gasteiger partial charge < -0.3 is 15.2 Å². The SMILES string of the molecule is COCOc1cccc(C=NNC(N)=S)c1.